The summed E-state index contributed by atoms with van der Waals surface area (Å²) >= 11 is 6.40. The molecule has 5 heteroatoms. The average molecular weight is 381 g/mol. The molecule has 1 aromatic heterocycles. The third-order valence-electron chi connectivity index (χ3n) is 4.66. The van der Waals surface area contributed by atoms with Crippen molar-refractivity contribution in [3.8, 4) is 17.0 Å². The second-order valence-electron chi connectivity index (χ2n) is 6.45. The molecule has 0 fully saturated rings. The highest BCUT2D eigenvalue weighted by molar-refractivity contribution is 6.35. The molecule has 4 aromatic rings. The van der Waals surface area contributed by atoms with Crippen molar-refractivity contribution < 1.29 is 9.13 Å². The van der Waals surface area contributed by atoms with Crippen LogP contribution in [-0.4, -0.2) is 16.9 Å². The van der Waals surface area contributed by atoms with Crippen LogP contribution in [-0.2, 0) is 6.54 Å². The highest BCUT2D eigenvalue weighted by Crippen LogP contribution is 2.35. The summed E-state index contributed by atoms with van der Waals surface area (Å²) in [6, 6.07) is 18.2. The van der Waals surface area contributed by atoms with Crippen molar-refractivity contribution in [2.45, 2.75) is 13.5 Å². The van der Waals surface area contributed by atoms with E-state index in [0.717, 1.165) is 39.0 Å². The van der Waals surface area contributed by atoms with Crippen LogP contribution in [0.3, 0.4) is 0 Å². The largest absolute Gasteiger partial charge is 0.497 e. The van der Waals surface area contributed by atoms with E-state index in [2.05, 4.69) is 0 Å². The molecule has 0 unspecified atom stereocenters. The van der Waals surface area contributed by atoms with E-state index in [9.17, 15) is 4.39 Å². The van der Waals surface area contributed by atoms with E-state index in [-0.39, 0.29) is 5.82 Å². The van der Waals surface area contributed by atoms with Gasteiger partial charge in [0.2, 0.25) is 0 Å². The first-order valence-electron chi connectivity index (χ1n) is 8.61. The molecule has 0 radical (unpaired) electrons. The lowest BCUT2D eigenvalue weighted by atomic mass is 10.0. The van der Waals surface area contributed by atoms with Gasteiger partial charge >= 0.3 is 0 Å². The molecule has 1 heterocycles. The third kappa shape index (κ3) is 3.28. The number of ether oxygens (including phenoxy) is 1. The first-order valence-corrected chi connectivity index (χ1v) is 8.99. The zero-order valence-electron chi connectivity index (χ0n) is 15.0. The molecule has 0 aliphatic rings. The Labute approximate surface area is 162 Å². The summed E-state index contributed by atoms with van der Waals surface area (Å²) in [4.78, 5) is 0. The molecule has 27 heavy (non-hydrogen) atoms. The van der Waals surface area contributed by atoms with E-state index in [1.165, 1.54) is 12.1 Å². The Morgan fingerprint density at radius 2 is 1.85 bits per heavy atom. The van der Waals surface area contributed by atoms with Crippen molar-refractivity contribution in [1.29, 1.82) is 0 Å². The molecule has 0 amide bonds. The Bertz CT molecular complexity index is 1120. The standard InChI is InChI=1S/C22H18ClFN2O/c1-14-12-17(27-2)10-11-18(14)22-19-4-3-5-20(23)21(19)25-26(22)13-15-6-8-16(24)9-7-15/h3-12H,13H2,1-2H3. The number of nitrogens with zero attached hydrogens (tertiary/aromatic N) is 2. The van der Waals surface area contributed by atoms with Gasteiger partial charge in [-0.25, -0.2) is 4.39 Å². The van der Waals surface area contributed by atoms with Crippen LogP contribution >= 0.6 is 11.6 Å². The van der Waals surface area contributed by atoms with Crippen molar-refractivity contribution in [3.05, 3.63) is 82.6 Å². The second kappa shape index (κ2) is 7.05. The maximum atomic E-state index is 13.3. The van der Waals surface area contributed by atoms with Crippen LogP contribution < -0.4 is 4.74 Å². The molecule has 0 spiro atoms. The number of halogens is 2. The molecule has 0 aliphatic carbocycles. The van der Waals surface area contributed by atoms with Gasteiger partial charge in [0.25, 0.3) is 0 Å². The zero-order valence-corrected chi connectivity index (χ0v) is 15.8. The number of methoxy groups -OCH3 is 1. The lowest BCUT2D eigenvalue weighted by Crippen LogP contribution is -2.04. The smallest absolute Gasteiger partial charge is 0.123 e. The van der Waals surface area contributed by atoms with Crippen molar-refractivity contribution in [2.75, 3.05) is 7.11 Å². The Hall–Kier alpha value is -2.85. The van der Waals surface area contributed by atoms with Crippen LogP contribution in [0.4, 0.5) is 4.39 Å². The van der Waals surface area contributed by atoms with E-state index in [0.29, 0.717) is 11.6 Å². The van der Waals surface area contributed by atoms with Gasteiger partial charge in [-0.15, -0.1) is 0 Å². The molecule has 136 valence electrons. The lowest BCUT2D eigenvalue weighted by molar-refractivity contribution is 0.414. The van der Waals surface area contributed by atoms with Crippen LogP contribution in [0.5, 0.6) is 5.75 Å². The van der Waals surface area contributed by atoms with Gasteiger partial charge in [-0.2, -0.15) is 5.10 Å². The van der Waals surface area contributed by atoms with E-state index in [4.69, 9.17) is 21.4 Å². The molecule has 3 nitrogen and oxygen atoms in total. The molecule has 0 saturated carbocycles. The number of aromatic nitrogens is 2. The van der Waals surface area contributed by atoms with Crippen molar-refractivity contribution >= 4 is 22.5 Å². The second-order valence-corrected chi connectivity index (χ2v) is 6.86. The Kier molecular flexibility index (Phi) is 4.58. The van der Waals surface area contributed by atoms with Crippen molar-refractivity contribution in [3.63, 3.8) is 0 Å². The van der Waals surface area contributed by atoms with Gasteiger partial charge in [-0.3, -0.25) is 4.68 Å². The topological polar surface area (TPSA) is 27.1 Å². The zero-order chi connectivity index (χ0) is 19.0. The first kappa shape index (κ1) is 17.6. The van der Waals surface area contributed by atoms with Gasteiger partial charge in [0, 0.05) is 10.9 Å². The van der Waals surface area contributed by atoms with Crippen molar-refractivity contribution in [2.24, 2.45) is 0 Å². The lowest BCUT2D eigenvalue weighted by Gasteiger charge is -2.12. The Morgan fingerprint density at radius 3 is 2.56 bits per heavy atom. The Morgan fingerprint density at radius 1 is 1.07 bits per heavy atom. The maximum absolute atomic E-state index is 13.3. The monoisotopic (exact) mass is 380 g/mol. The van der Waals surface area contributed by atoms with Gasteiger partial charge in [0.1, 0.15) is 17.1 Å². The van der Waals surface area contributed by atoms with E-state index in [1.807, 2.05) is 48.0 Å². The predicted molar refractivity (Wildman–Crippen MR) is 107 cm³/mol. The van der Waals surface area contributed by atoms with Gasteiger partial charge in [0.05, 0.1) is 24.4 Å². The van der Waals surface area contributed by atoms with Crippen LogP contribution in [0, 0.1) is 12.7 Å². The summed E-state index contributed by atoms with van der Waals surface area (Å²) in [5, 5.41) is 6.34. The molecule has 0 saturated heterocycles. The van der Waals surface area contributed by atoms with Gasteiger partial charge in [-0.1, -0.05) is 35.9 Å². The van der Waals surface area contributed by atoms with E-state index in [1.54, 1.807) is 19.2 Å². The Balaban J connectivity index is 1.92. The summed E-state index contributed by atoms with van der Waals surface area (Å²) in [5.74, 6) is 0.557. The quantitative estimate of drug-likeness (QED) is 0.443. The highest BCUT2D eigenvalue weighted by atomic mass is 35.5. The fourth-order valence-corrected chi connectivity index (χ4v) is 3.52. The SMILES string of the molecule is COc1ccc(-c2c3cccc(Cl)c3nn2Cc2ccc(F)cc2)c(C)c1. The number of fused-ring (bicyclic) bond motifs is 1. The highest BCUT2D eigenvalue weighted by Gasteiger charge is 2.17. The van der Waals surface area contributed by atoms with Gasteiger partial charge < -0.3 is 4.74 Å². The maximum Gasteiger partial charge on any atom is 0.123 e. The molecule has 0 atom stereocenters. The number of benzene rings is 3. The minimum absolute atomic E-state index is 0.251. The predicted octanol–water partition coefficient (Wildman–Crippen LogP) is 5.86. The number of hydrogen-bond donors (Lipinski definition) is 0. The van der Waals surface area contributed by atoms with Crippen molar-refractivity contribution in [1.82, 2.24) is 9.78 Å². The minimum atomic E-state index is -0.251. The average Bonchev–Trinajstić information content (AvgIpc) is 3.03. The van der Waals surface area contributed by atoms with Crippen LogP contribution in [0.15, 0.2) is 60.7 Å². The number of hydrogen-bond acceptors (Lipinski definition) is 2. The summed E-state index contributed by atoms with van der Waals surface area (Å²) < 4.78 is 20.5. The molecule has 0 aliphatic heterocycles. The summed E-state index contributed by atoms with van der Waals surface area (Å²) in [6.07, 6.45) is 0. The molecule has 0 N–H and O–H groups in total. The normalized spacial score (nSPS) is 11.1. The van der Waals surface area contributed by atoms with Crippen LogP contribution in [0.1, 0.15) is 11.1 Å². The fraction of sp³-hybridized carbons (Fsp3) is 0.136. The van der Waals surface area contributed by atoms with Crippen LogP contribution in [0.25, 0.3) is 22.2 Å². The molecule has 3 aromatic carbocycles. The summed E-state index contributed by atoms with van der Waals surface area (Å²) in [7, 11) is 1.66. The first-order chi connectivity index (χ1) is 13.1. The molecule has 4 rings (SSSR count). The summed E-state index contributed by atoms with van der Waals surface area (Å²) in [5.41, 5.74) is 4.84. The minimum Gasteiger partial charge on any atom is -0.497 e. The van der Waals surface area contributed by atoms with Crippen LogP contribution in [0.2, 0.25) is 5.02 Å². The molecule has 0 bridgehead atoms. The molecular formula is C22H18ClFN2O. The van der Waals surface area contributed by atoms with E-state index >= 15 is 0 Å². The third-order valence-corrected chi connectivity index (χ3v) is 4.96. The molecular weight excluding hydrogens is 363 g/mol. The number of rotatable bonds is 4. The fourth-order valence-electron chi connectivity index (χ4n) is 3.31. The van der Waals surface area contributed by atoms with Gasteiger partial charge in [-0.05, 0) is 54.4 Å². The number of aryl methyl sites for hydroxylation is 1. The summed E-state index contributed by atoms with van der Waals surface area (Å²) in [6.45, 7) is 2.57. The van der Waals surface area contributed by atoms with E-state index < -0.39 is 0 Å². The van der Waals surface area contributed by atoms with Gasteiger partial charge in [0.15, 0.2) is 0 Å².